The van der Waals surface area contributed by atoms with E-state index >= 15 is 0 Å². The topological polar surface area (TPSA) is 178 Å². The van der Waals surface area contributed by atoms with Gasteiger partial charge in [-0.15, -0.1) is 0 Å². The van der Waals surface area contributed by atoms with Gasteiger partial charge < -0.3 is 34.5 Å². The van der Waals surface area contributed by atoms with Crippen molar-refractivity contribution in [1.29, 1.82) is 0 Å². The van der Waals surface area contributed by atoms with Crippen LogP contribution in [0.3, 0.4) is 0 Å². The van der Waals surface area contributed by atoms with Gasteiger partial charge in [-0.05, 0) is 17.7 Å². The molecule has 0 saturated carbocycles. The molecule has 14 heteroatoms. The van der Waals surface area contributed by atoms with Gasteiger partial charge in [0, 0.05) is 6.42 Å². The monoisotopic (exact) mass is 477 g/mol. The van der Waals surface area contributed by atoms with Gasteiger partial charge >= 0.3 is 51.4 Å². The molecule has 5 atom stereocenters. The summed E-state index contributed by atoms with van der Waals surface area (Å²) in [5.74, 6) is 0.520. The average Bonchev–Trinajstić information content (AvgIpc) is 2.66. The number of hydrogen-bond acceptors (Lipinski definition) is 12. The van der Waals surface area contributed by atoms with E-state index < -0.39 is 46.9 Å². The molecule has 29 heavy (non-hydrogen) atoms. The molecular weight excluding hydrogens is 457 g/mol. The Morgan fingerprint density at radius 3 is 2.55 bits per heavy atom. The van der Waals surface area contributed by atoms with Gasteiger partial charge in [0.2, 0.25) is 0 Å². The van der Waals surface area contributed by atoms with Crippen LogP contribution in [0.2, 0.25) is 0 Å². The molecule has 5 unspecified atom stereocenters. The van der Waals surface area contributed by atoms with E-state index in [1.165, 1.54) is 7.11 Å². The van der Waals surface area contributed by atoms with Crippen LogP contribution in [0.4, 0.5) is 0 Å². The van der Waals surface area contributed by atoms with Gasteiger partial charge in [-0.1, -0.05) is 29.1 Å². The zero-order chi connectivity index (χ0) is 20.9. The van der Waals surface area contributed by atoms with Crippen molar-refractivity contribution in [1.82, 2.24) is 0 Å². The Kier molecular flexibility index (Phi) is 11.5. The second-order valence-corrected chi connectivity index (χ2v) is 7.95. The normalized spacial score (nSPS) is 27.8. The van der Waals surface area contributed by atoms with Crippen molar-refractivity contribution in [2.24, 2.45) is 5.16 Å². The van der Waals surface area contributed by atoms with Crippen molar-refractivity contribution in [2.75, 3.05) is 13.7 Å². The van der Waals surface area contributed by atoms with Gasteiger partial charge in [-0.25, -0.2) is 0 Å². The van der Waals surface area contributed by atoms with Crippen LogP contribution in [0, 0.1) is 0 Å². The second kappa shape index (κ2) is 12.3. The number of aliphatic hydroxyl groups excluding tert-OH is 4. The molecule has 11 nitrogen and oxygen atoms in total. The Morgan fingerprint density at radius 2 is 1.97 bits per heavy atom. The first-order chi connectivity index (χ1) is 13.1. The molecule has 2 rings (SSSR count). The van der Waals surface area contributed by atoms with Gasteiger partial charge in [0.25, 0.3) is 10.4 Å². The third-order valence-corrected chi connectivity index (χ3v) is 5.19. The Hall–Kier alpha value is 0.186. The predicted octanol–water partition coefficient (Wildman–Crippen LogP) is -4.43. The largest absolute Gasteiger partial charge is 1.00 e. The fourth-order valence-corrected chi connectivity index (χ4v) is 3.76. The van der Waals surface area contributed by atoms with E-state index in [0.717, 1.165) is 0 Å². The molecule has 158 valence electrons. The van der Waals surface area contributed by atoms with E-state index in [0.29, 0.717) is 23.1 Å². The predicted molar refractivity (Wildman–Crippen MR) is 96.3 cm³/mol. The van der Waals surface area contributed by atoms with Gasteiger partial charge in [-0.3, -0.25) is 4.28 Å². The number of nitrogens with zero attached hydrogens (tertiary/aromatic N) is 1. The maximum absolute atomic E-state index is 10.7. The minimum Gasteiger partial charge on any atom is -0.714 e. The first kappa shape index (κ1) is 27.2. The Bertz CT molecular complexity index is 791. The number of hydrogen-bond donors (Lipinski definition) is 4. The third kappa shape index (κ3) is 8.32. The summed E-state index contributed by atoms with van der Waals surface area (Å²) in [6.45, 7) is -0.629. The fourth-order valence-electron chi connectivity index (χ4n) is 2.44. The minimum atomic E-state index is -5.12. The number of methoxy groups -OCH3 is 1. The zero-order valence-corrected chi connectivity index (χ0v) is 20.4. The van der Waals surface area contributed by atoms with Gasteiger partial charge in [-0.2, -0.15) is 8.42 Å². The molecule has 0 spiro atoms. The number of aliphatic hydroxyl groups is 4. The number of oxime groups is 1. The molecule has 0 radical (unpaired) electrons. The molecule has 1 aliphatic heterocycles. The van der Waals surface area contributed by atoms with Crippen molar-refractivity contribution < 1.29 is 98.5 Å². The maximum atomic E-state index is 10.7. The SMILES string of the molecule is COc1cccc(CC(=NOS(=O)(=O)[O-])SC2OC(CO)C(O)C(O)C2O)c1.[K+]. The summed E-state index contributed by atoms with van der Waals surface area (Å²) in [6.07, 6.45) is -5.92. The van der Waals surface area contributed by atoms with Crippen LogP contribution in [0.5, 0.6) is 5.75 Å². The number of benzene rings is 1. The van der Waals surface area contributed by atoms with E-state index in [1.54, 1.807) is 24.3 Å². The first-order valence-electron chi connectivity index (χ1n) is 7.96. The van der Waals surface area contributed by atoms with Gasteiger partial charge in [0.1, 0.15) is 40.6 Å². The van der Waals surface area contributed by atoms with Crippen LogP contribution in [0.1, 0.15) is 5.56 Å². The molecular formula is C15H20KNO10S2. The van der Waals surface area contributed by atoms with Crippen LogP contribution >= 0.6 is 11.8 Å². The van der Waals surface area contributed by atoms with Crippen molar-refractivity contribution >= 4 is 27.2 Å². The molecule has 0 bridgehead atoms. The molecule has 0 aliphatic carbocycles. The van der Waals surface area contributed by atoms with Crippen molar-refractivity contribution in [3.05, 3.63) is 29.8 Å². The Morgan fingerprint density at radius 1 is 1.28 bits per heavy atom. The van der Waals surface area contributed by atoms with Crippen LogP contribution < -0.4 is 56.1 Å². The minimum absolute atomic E-state index is 0. The number of rotatable bonds is 7. The van der Waals surface area contributed by atoms with Crippen LogP contribution in [0.25, 0.3) is 0 Å². The summed E-state index contributed by atoms with van der Waals surface area (Å²) in [5.41, 5.74) is -0.611. The van der Waals surface area contributed by atoms with Crippen molar-refractivity contribution in [3.8, 4) is 5.75 Å². The molecule has 4 N–H and O–H groups in total. The first-order valence-corrected chi connectivity index (χ1v) is 10.2. The van der Waals surface area contributed by atoms with Crippen LogP contribution in [-0.4, -0.2) is 82.0 Å². The van der Waals surface area contributed by atoms with Gasteiger partial charge in [0.15, 0.2) is 0 Å². The van der Waals surface area contributed by atoms with E-state index in [4.69, 9.17) is 9.47 Å². The summed E-state index contributed by atoms with van der Waals surface area (Å²) in [4.78, 5) is 0. The molecule has 0 aromatic heterocycles. The van der Waals surface area contributed by atoms with Crippen LogP contribution in [0.15, 0.2) is 29.4 Å². The molecule has 1 aromatic rings. The Balaban J connectivity index is 0.00000420. The second-order valence-electron chi connectivity index (χ2n) is 5.81. The molecule has 1 saturated heterocycles. The standard InChI is InChI=1S/C15H21NO10S2.K/c1-24-9-4-2-3-8(5-9)6-11(16-26-28(21,22)23)27-15-14(20)13(19)12(18)10(7-17)25-15;/h2-5,10,12-15,17-20H,6-7H2,1H3,(H,21,22,23);/q;+1/p-1. The van der Waals surface area contributed by atoms with Gasteiger partial charge in [0.05, 0.1) is 13.7 Å². The van der Waals surface area contributed by atoms with E-state index in [-0.39, 0.29) is 62.8 Å². The molecule has 1 aromatic carbocycles. The summed E-state index contributed by atoms with van der Waals surface area (Å²) in [6, 6.07) is 6.67. The summed E-state index contributed by atoms with van der Waals surface area (Å²) in [5, 5.41) is 42.3. The van der Waals surface area contributed by atoms with Crippen molar-refractivity contribution in [2.45, 2.75) is 36.3 Å². The average molecular weight is 478 g/mol. The summed E-state index contributed by atoms with van der Waals surface area (Å²) in [7, 11) is -3.66. The summed E-state index contributed by atoms with van der Waals surface area (Å²) >= 11 is 0.674. The van der Waals surface area contributed by atoms with Crippen LogP contribution in [-0.2, 0) is 25.8 Å². The fraction of sp³-hybridized carbons (Fsp3) is 0.533. The molecule has 1 heterocycles. The Labute approximate surface area is 214 Å². The number of ether oxygens (including phenoxy) is 2. The van der Waals surface area contributed by atoms with Crippen molar-refractivity contribution in [3.63, 3.8) is 0 Å². The summed E-state index contributed by atoms with van der Waals surface area (Å²) < 4.78 is 46.6. The maximum Gasteiger partial charge on any atom is 1.00 e. The quantitative estimate of drug-likeness (QED) is 0.0744. The van der Waals surface area contributed by atoms with E-state index in [2.05, 4.69) is 9.44 Å². The molecule has 1 fully saturated rings. The third-order valence-electron chi connectivity index (χ3n) is 3.82. The number of thioether (sulfide) groups is 1. The molecule has 1 aliphatic rings. The zero-order valence-electron chi connectivity index (χ0n) is 15.6. The van der Waals surface area contributed by atoms with E-state index in [1.807, 2.05) is 0 Å². The molecule has 0 amide bonds. The van der Waals surface area contributed by atoms with E-state index in [9.17, 15) is 33.4 Å². The smallest absolute Gasteiger partial charge is 0.714 e.